The molecule has 1 saturated heterocycles. The number of hydrazone groups is 1. The van der Waals surface area contributed by atoms with Gasteiger partial charge in [-0.05, 0) is 49.1 Å². The Balaban J connectivity index is 1.48. The number of hydrogen-bond acceptors (Lipinski definition) is 3. The molecule has 1 aliphatic carbocycles. The highest BCUT2D eigenvalue weighted by Gasteiger charge is 2.28. The van der Waals surface area contributed by atoms with E-state index in [-0.39, 0.29) is 5.91 Å². The fourth-order valence-corrected chi connectivity index (χ4v) is 4.02. The van der Waals surface area contributed by atoms with Crippen molar-refractivity contribution in [3.63, 3.8) is 0 Å². The molecular formula is C22H34N3O2+. The Labute approximate surface area is 163 Å². The summed E-state index contributed by atoms with van der Waals surface area (Å²) < 4.78 is 5.40. The van der Waals surface area contributed by atoms with Gasteiger partial charge in [0.05, 0.1) is 13.2 Å². The zero-order valence-corrected chi connectivity index (χ0v) is 17.0. The number of carbonyl (C=O) groups is 1. The normalized spacial score (nSPS) is 21.7. The molecule has 3 rings (SSSR count). The molecule has 1 aliphatic heterocycles. The summed E-state index contributed by atoms with van der Waals surface area (Å²) in [5.74, 6) is 0.624. The maximum atomic E-state index is 12.4. The highest BCUT2D eigenvalue weighted by atomic mass is 16.5. The monoisotopic (exact) mass is 372 g/mol. The molecule has 0 radical (unpaired) electrons. The second-order valence-corrected chi connectivity index (χ2v) is 9.00. The van der Waals surface area contributed by atoms with Crippen LogP contribution in [0.25, 0.3) is 0 Å². The minimum atomic E-state index is -0.120. The lowest BCUT2D eigenvalue weighted by Crippen LogP contribution is -3.12. The van der Waals surface area contributed by atoms with E-state index in [1.807, 2.05) is 12.1 Å². The van der Waals surface area contributed by atoms with Gasteiger partial charge in [-0.1, -0.05) is 32.9 Å². The van der Waals surface area contributed by atoms with Crippen LogP contribution in [0.1, 0.15) is 62.4 Å². The lowest BCUT2D eigenvalue weighted by molar-refractivity contribution is -0.921. The number of rotatable bonds is 4. The molecule has 0 atom stereocenters. The molecule has 2 aliphatic rings. The second-order valence-electron chi connectivity index (χ2n) is 9.00. The average molecular weight is 373 g/mol. The quantitative estimate of drug-likeness (QED) is 0.798. The van der Waals surface area contributed by atoms with E-state index >= 15 is 0 Å². The maximum Gasteiger partial charge on any atom is 0.271 e. The number of benzene rings is 1. The van der Waals surface area contributed by atoms with Crippen LogP contribution in [0.3, 0.4) is 0 Å². The SMILES string of the molecule is CC(C)(C)C1CCC(=NNC(=O)c2ccc(C[NH+]3CCOCC3)cc2)CC1. The Morgan fingerprint density at radius 1 is 1.15 bits per heavy atom. The molecule has 1 amide bonds. The van der Waals surface area contributed by atoms with Crippen LogP contribution in [0.4, 0.5) is 0 Å². The molecule has 27 heavy (non-hydrogen) atoms. The van der Waals surface area contributed by atoms with Crippen molar-refractivity contribution in [3.05, 3.63) is 35.4 Å². The second kappa shape index (κ2) is 8.98. The molecule has 1 saturated carbocycles. The molecule has 0 aromatic heterocycles. The highest BCUT2D eigenvalue weighted by Crippen LogP contribution is 2.36. The first-order chi connectivity index (χ1) is 12.9. The van der Waals surface area contributed by atoms with Crippen LogP contribution in [0.2, 0.25) is 0 Å². The van der Waals surface area contributed by atoms with Gasteiger partial charge in [-0.2, -0.15) is 5.10 Å². The Morgan fingerprint density at radius 2 is 1.78 bits per heavy atom. The number of quaternary nitrogens is 1. The molecular weight excluding hydrogens is 338 g/mol. The van der Waals surface area contributed by atoms with E-state index in [4.69, 9.17) is 4.74 Å². The number of amides is 1. The molecule has 148 valence electrons. The minimum absolute atomic E-state index is 0.120. The van der Waals surface area contributed by atoms with Crippen LogP contribution in [-0.2, 0) is 11.3 Å². The molecule has 1 aromatic carbocycles. The van der Waals surface area contributed by atoms with Crippen molar-refractivity contribution < 1.29 is 14.4 Å². The number of carbonyl (C=O) groups excluding carboxylic acids is 1. The molecule has 2 fully saturated rings. The Kier molecular flexibility index (Phi) is 6.66. The van der Waals surface area contributed by atoms with Gasteiger partial charge >= 0.3 is 0 Å². The lowest BCUT2D eigenvalue weighted by Gasteiger charge is -2.34. The standard InChI is InChI=1S/C22H33N3O2/c1-22(2,3)19-8-10-20(11-9-19)23-24-21(26)18-6-4-17(5-7-18)16-25-12-14-27-15-13-25/h4-7,19H,8-16H2,1-3H3,(H,24,26)/p+1. The van der Waals surface area contributed by atoms with E-state index < -0.39 is 0 Å². The van der Waals surface area contributed by atoms with Crippen LogP contribution in [-0.4, -0.2) is 37.9 Å². The first kappa shape index (κ1) is 20.0. The summed E-state index contributed by atoms with van der Waals surface area (Å²) in [5.41, 5.74) is 6.16. The number of ether oxygens (including phenoxy) is 1. The van der Waals surface area contributed by atoms with E-state index in [1.54, 1.807) is 0 Å². The number of nitrogens with one attached hydrogen (secondary N) is 2. The van der Waals surface area contributed by atoms with Crippen LogP contribution in [0.15, 0.2) is 29.4 Å². The number of nitrogens with zero attached hydrogens (tertiary/aromatic N) is 1. The zero-order valence-electron chi connectivity index (χ0n) is 17.0. The molecule has 1 heterocycles. The van der Waals surface area contributed by atoms with Gasteiger partial charge in [-0.25, -0.2) is 5.43 Å². The van der Waals surface area contributed by atoms with Crippen molar-refractivity contribution in [2.75, 3.05) is 26.3 Å². The third kappa shape index (κ3) is 5.88. The summed E-state index contributed by atoms with van der Waals surface area (Å²) in [7, 11) is 0. The summed E-state index contributed by atoms with van der Waals surface area (Å²) in [6.45, 7) is 11.7. The Bertz CT molecular complexity index is 645. The predicted molar refractivity (Wildman–Crippen MR) is 108 cm³/mol. The Hall–Kier alpha value is -1.72. The summed E-state index contributed by atoms with van der Waals surface area (Å²) >= 11 is 0. The van der Waals surface area contributed by atoms with E-state index in [0.717, 1.165) is 70.2 Å². The Morgan fingerprint density at radius 3 is 2.37 bits per heavy atom. The fraction of sp³-hybridized carbons (Fsp3) is 0.636. The molecule has 2 N–H and O–H groups in total. The smallest absolute Gasteiger partial charge is 0.271 e. The van der Waals surface area contributed by atoms with Gasteiger partial charge in [-0.15, -0.1) is 0 Å². The van der Waals surface area contributed by atoms with Crippen molar-refractivity contribution in [3.8, 4) is 0 Å². The number of morpholine rings is 1. The highest BCUT2D eigenvalue weighted by molar-refractivity contribution is 5.95. The van der Waals surface area contributed by atoms with Gasteiger partial charge in [0.25, 0.3) is 5.91 Å². The van der Waals surface area contributed by atoms with Crippen molar-refractivity contribution in [2.45, 2.75) is 53.0 Å². The molecule has 0 bridgehead atoms. The zero-order chi connectivity index (χ0) is 19.3. The van der Waals surface area contributed by atoms with Gasteiger partial charge in [-0.3, -0.25) is 4.79 Å². The van der Waals surface area contributed by atoms with E-state index in [2.05, 4.69) is 43.4 Å². The lowest BCUT2D eigenvalue weighted by atomic mass is 9.72. The van der Waals surface area contributed by atoms with Crippen LogP contribution >= 0.6 is 0 Å². The third-order valence-corrected chi connectivity index (χ3v) is 5.97. The largest absolute Gasteiger partial charge is 0.370 e. The van der Waals surface area contributed by atoms with Crippen LogP contribution in [0, 0.1) is 11.3 Å². The molecule has 0 spiro atoms. The first-order valence-corrected chi connectivity index (χ1v) is 10.3. The van der Waals surface area contributed by atoms with Crippen LogP contribution in [0.5, 0.6) is 0 Å². The van der Waals surface area contributed by atoms with E-state index in [9.17, 15) is 4.79 Å². The van der Waals surface area contributed by atoms with Gasteiger partial charge in [0.2, 0.25) is 0 Å². The van der Waals surface area contributed by atoms with E-state index in [0.29, 0.717) is 11.0 Å². The van der Waals surface area contributed by atoms with Crippen molar-refractivity contribution in [2.24, 2.45) is 16.4 Å². The van der Waals surface area contributed by atoms with Gasteiger partial charge in [0.1, 0.15) is 19.6 Å². The summed E-state index contributed by atoms with van der Waals surface area (Å²) in [5, 5.41) is 4.39. The molecule has 5 heteroatoms. The van der Waals surface area contributed by atoms with Crippen molar-refractivity contribution in [1.82, 2.24) is 5.43 Å². The number of hydrogen-bond donors (Lipinski definition) is 2. The minimum Gasteiger partial charge on any atom is -0.370 e. The maximum absolute atomic E-state index is 12.4. The molecule has 5 nitrogen and oxygen atoms in total. The fourth-order valence-electron chi connectivity index (χ4n) is 4.02. The van der Waals surface area contributed by atoms with Gasteiger partial charge < -0.3 is 9.64 Å². The topological polar surface area (TPSA) is 55.1 Å². The molecule has 0 unspecified atom stereocenters. The summed E-state index contributed by atoms with van der Waals surface area (Å²) in [6.07, 6.45) is 4.31. The van der Waals surface area contributed by atoms with Gasteiger partial charge in [0.15, 0.2) is 0 Å². The van der Waals surface area contributed by atoms with E-state index in [1.165, 1.54) is 10.5 Å². The predicted octanol–water partition coefficient (Wildman–Crippen LogP) is 2.42. The first-order valence-electron chi connectivity index (χ1n) is 10.3. The van der Waals surface area contributed by atoms with Crippen molar-refractivity contribution >= 4 is 11.6 Å². The summed E-state index contributed by atoms with van der Waals surface area (Å²) in [4.78, 5) is 13.9. The average Bonchev–Trinajstić information content (AvgIpc) is 2.67. The molecule has 1 aromatic rings. The van der Waals surface area contributed by atoms with Crippen LogP contribution < -0.4 is 10.3 Å². The van der Waals surface area contributed by atoms with Gasteiger partial charge in [0, 0.05) is 16.8 Å². The van der Waals surface area contributed by atoms with Crippen molar-refractivity contribution in [1.29, 1.82) is 0 Å². The summed E-state index contributed by atoms with van der Waals surface area (Å²) in [6, 6.07) is 7.92. The third-order valence-electron chi connectivity index (χ3n) is 5.97.